The van der Waals surface area contributed by atoms with Gasteiger partial charge in [-0.1, -0.05) is 43.9 Å². The molecular formula is C27H34ClN5O3. The SMILES string of the molecule is CCC(NC(=O)N1C(=O)[C@H](Cc2ccnc(N)c2)[C@H]1C(=O)N(C)c1cccc(Cl)c1)C1CCCCC1. The molecule has 192 valence electrons. The molecule has 0 radical (unpaired) electrons. The van der Waals surface area contributed by atoms with Gasteiger partial charge < -0.3 is 16.0 Å². The van der Waals surface area contributed by atoms with Crippen LogP contribution in [0.25, 0.3) is 0 Å². The number of hydrogen-bond donors (Lipinski definition) is 2. The molecule has 1 aromatic heterocycles. The summed E-state index contributed by atoms with van der Waals surface area (Å²) in [6.45, 7) is 2.05. The molecular weight excluding hydrogens is 478 g/mol. The Balaban J connectivity index is 1.57. The fourth-order valence-corrected chi connectivity index (χ4v) is 5.64. The summed E-state index contributed by atoms with van der Waals surface area (Å²) in [6.07, 6.45) is 8.30. The second kappa shape index (κ2) is 11.3. The number of urea groups is 1. The maximum absolute atomic E-state index is 13.7. The van der Waals surface area contributed by atoms with Crippen LogP contribution in [0.2, 0.25) is 5.02 Å². The van der Waals surface area contributed by atoms with Crippen LogP contribution in [0.5, 0.6) is 0 Å². The van der Waals surface area contributed by atoms with Gasteiger partial charge in [0.25, 0.3) is 5.91 Å². The van der Waals surface area contributed by atoms with Gasteiger partial charge in [0.1, 0.15) is 11.9 Å². The van der Waals surface area contributed by atoms with Crippen molar-refractivity contribution in [2.45, 2.75) is 64.0 Å². The van der Waals surface area contributed by atoms with Gasteiger partial charge in [0.05, 0.1) is 5.92 Å². The van der Waals surface area contributed by atoms with Gasteiger partial charge in [0.2, 0.25) is 5.91 Å². The Kier molecular flexibility index (Phi) is 8.14. The number of rotatable bonds is 7. The number of imide groups is 1. The van der Waals surface area contributed by atoms with Gasteiger partial charge in [-0.25, -0.2) is 9.78 Å². The van der Waals surface area contributed by atoms with Gasteiger partial charge in [0.15, 0.2) is 0 Å². The first kappa shape index (κ1) is 25.9. The number of nitrogen functional groups attached to an aromatic ring is 1. The first-order valence-electron chi connectivity index (χ1n) is 12.7. The number of nitrogens with two attached hydrogens (primary N) is 1. The lowest BCUT2D eigenvalue weighted by Crippen LogP contribution is -2.71. The second-order valence-electron chi connectivity index (χ2n) is 9.79. The van der Waals surface area contributed by atoms with E-state index in [4.69, 9.17) is 17.3 Å². The molecule has 1 unspecified atom stereocenters. The van der Waals surface area contributed by atoms with E-state index in [-0.39, 0.29) is 24.3 Å². The molecule has 2 heterocycles. The number of carbonyl (C=O) groups is 3. The Hall–Kier alpha value is -3.13. The summed E-state index contributed by atoms with van der Waals surface area (Å²) in [7, 11) is 1.63. The van der Waals surface area contributed by atoms with Crippen LogP contribution in [-0.2, 0) is 16.0 Å². The zero-order chi connectivity index (χ0) is 25.8. The van der Waals surface area contributed by atoms with Crippen LogP contribution < -0.4 is 16.0 Å². The molecule has 9 heteroatoms. The van der Waals surface area contributed by atoms with Crippen LogP contribution in [0.1, 0.15) is 51.0 Å². The number of likely N-dealkylation sites (N-methyl/N-ethyl adjacent to an activating group) is 1. The van der Waals surface area contributed by atoms with Crippen molar-refractivity contribution in [3.8, 4) is 0 Å². The van der Waals surface area contributed by atoms with E-state index in [1.165, 1.54) is 11.3 Å². The molecule has 1 saturated heterocycles. The average Bonchev–Trinajstić information content (AvgIpc) is 2.88. The molecule has 3 atom stereocenters. The first-order chi connectivity index (χ1) is 17.3. The van der Waals surface area contributed by atoms with E-state index in [0.717, 1.165) is 42.6 Å². The maximum atomic E-state index is 13.7. The topological polar surface area (TPSA) is 109 Å². The van der Waals surface area contributed by atoms with Gasteiger partial charge in [0, 0.05) is 30.0 Å². The zero-order valence-corrected chi connectivity index (χ0v) is 21.6. The third-order valence-electron chi connectivity index (χ3n) is 7.48. The summed E-state index contributed by atoms with van der Waals surface area (Å²) >= 11 is 6.14. The molecule has 0 bridgehead atoms. The van der Waals surface area contributed by atoms with Gasteiger partial charge in [-0.2, -0.15) is 0 Å². The Morgan fingerprint density at radius 2 is 1.97 bits per heavy atom. The van der Waals surface area contributed by atoms with Crippen LogP contribution in [0, 0.1) is 11.8 Å². The van der Waals surface area contributed by atoms with E-state index in [2.05, 4.69) is 10.3 Å². The van der Waals surface area contributed by atoms with Crippen LogP contribution in [0.3, 0.4) is 0 Å². The van der Waals surface area contributed by atoms with Crippen molar-refractivity contribution in [1.82, 2.24) is 15.2 Å². The van der Waals surface area contributed by atoms with E-state index >= 15 is 0 Å². The maximum Gasteiger partial charge on any atom is 0.325 e. The van der Waals surface area contributed by atoms with E-state index < -0.39 is 18.0 Å². The lowest BCUT2D eigenvalue weighted by Gasteiger charge is -2.46. The summed E-state index contributed by atoms with van der Waals surface area (Å²) in [5.74, 6) is -0.653. The Labute approximate surface area is 217 Å². The summed E-state index contributed by atoms with van der Waals surface area (Å²) in [4.78, 5) is 46.9. The molecule has 2 fully saturated rings. The number of halogens is 1. The lowest BCUT2D eigenvalue weighted by molar-refractivity contribution is -0.156. The minimum absolute atomic E-state index is 0.0222. The van der Waals surface area contributed by atoms with Crippen molar-refractivity contribution in [1.29, 1.82) is 0 Å². The molecule has 4 amide bonds. The van der Waals surface area contributed by atoms with Gasteiger partial charge in [-0.05, 0) is 67.5 Å². The van der Waals surface area contributed by atoms with Gasteiger partial charge in [-0.15, -0.1) is 0 Å². The molecule has 8 nitrogen and oxygen atoms in total. The third kappa shape index (κ3) is 5.48. The standard InChI is InChI=1S/C27H34ClN5O3/c1-3-22(18-8-5-4-6-9-18)31-27(36)33-24(26(35)32(2)20-11-7-10-19(28)16-20)21(25(33)34)14-17-12-13-30-23(29)15-17/h7,10-13,15-16,18,21-22,24H,3-6,8-9,14H2,1-2H3,(H2,29,30)(H,31,36)/t21-,22?,24+/m1/s1. The number of nitrogens with zero attached hydrogens (tertiary/aromatic N) is 3. The van der Waals surface area contributed by atoms with Gasteiger partial charge >= 0.3 is 6.03 Å². The van der Waals surface area contributed by atoms with Crippen molar-refractivity contribution >= 4 is 41.0 Å². The Morgan fingerprint density at radius 3 is 2.64 bits per heavy atom. The number of anilines is 2. The molecule has 4 rings (SSSR count). The predicted molar refractivity (Wildman–Crippen MR) is 141 cm³/mol. The molecule has 2 aliphatic rings. The lowest BCUT2D eigenvalue weighted by atomic mass is 9.81. The second-order valence-corrected chi connectivity index (χ2v) is 10.2. The first-order valence-corrected chi connectivity index (χ1v) is 13.0. The van der Waals surface area contributed by atoms with E-state index in [0.29, 0.717) is 22.4 Å². The van der Waals surface area contributed by atoms with Crippen molar-refractivity contribution in [2.75, 3.05) is 17.7 Å². The Morgan fingerprint density at radius 1 is 1.22 bits per heavy atom. The summed E-state index contributed by atoms with van der Waals surface area (Å²) in [5, 5.41) is 3.57. The van der Waals surface area contributed by atoms with E-state index in [9.17, 15) is 14.4 Å². The van der Waals surface area contributed by atoms with Crippen LogP contribution in [-0.4, -0.2) is 46.9 Å². The number of benzene rings is 1. The smallest absolute Gasteiger partial charge is 0.325 e. The normalized spacial score (nSPS) is 21.0. The molecule has 1 aliphatic heterocycles. The molecule has 1 aromatic carbocycles. The highest BCUT2D eigenvalue weighted by molar-refractivity contribution is 6.31. The number of β-lactam (4-membered cyclic amide) rings is 1. The molecule has 36 heavy (non-hydrogen) atoms. The minimum atomic E-state index is -0.931. The van der Waals surface area contributed by atoms with Crippen LogP contribution in [0.4, 0.5) is 16.3 Å². The number of aromatic nitrogens is 1. The number of carbonyl (C=O) groups excluding carboxylic acids is 3. The average molecular weight is 512 g/mol. The van der Waals surface area contributed by atoms with Crippen molar-refractivity contribution in [3.05, 3.63) is 53.2 Å². The Bertz CT molecular complexity index is 1120. The minimum Gasteiger partial charge on any atom is -0.384 e. The molecule has 0 spiro atoms. The highest BCUT2D eigenvalue weighted by atomic mass is 35.5. The monoisotopic (exact) mass is 511 g/mol. The summed E-state index contributed by atoms with van der Waals surface area (Å²) in [5.41, 5.74) is 7.20. The number of amides is 4. The van der Waals surface area contributed by atoms with E-state index in [1.807, 2.05) is 6.92 Å². The highest BCUT2D eigenvalue weighted by Gasteiger charge is 2.55. The van der Waals surface area contributed by atoms with Crippen molar-refractivity contribution in [2.24, 2.45) is 11.8 Å². The molecule has 1 saturated carbocycles. The van der Waals surface area contributed by atoms with E-state index in [1.54, 1.807) is 49.6 Å². The van der Waals surface area contributed by atoms with Crippen LogP contribution in [0.15, 0.2) is 42.6 Å². The van der Waals surface area contributed by atoms with Crippen molar-refractivity contribution < 1.29 is 14.4 Å². The number of nitrogens with one attached hydrogen (secondary N) is 1. The van der Waals surface area contributed by atoms with Gasteiger partial charge in [-0.3, -0.25) is 14.5 Å². The molecule has 2 aromatic rings. The number of hydrogen-bond acceptors (Lipinski definition) is 5. The number of pyridine rings is 1. The third-order valence-corrected chi connectivity index (χ3v) is 7.72. The summed E-state index contributed by atoms with van der Waals surface area (Å²) in [6, 6.07) is 8.93. The fourth-order valence-electron chi connectivity index (χ4n) is 5.46. The fraction of sp³-hybridized carbons (Fsp3) is 0.481. The molecule has 1 aliphatic carbocycles. The number of likely N-dealkylation sites (tertiary alicyclic amines) is 1. The largest absolute Gasteiger partial charge is 0.384 e. The zero-order valence-electron chi connectivity index (χ0n) is 20.8. The van der Waals surface area contributed by atoms with Crippen molar-refractivity contribution in [3.63, 3.8) is 0 Å². The summed E-state index contributed by atoms with van der Waals surface area (Å²) < 4.78 is 0. The van der Waals surface area contributed by atoms with Crippen LogP contribution >= 0.6 is 11.6 Å². The molecule has 3 N–H and O–H groups in total. The predicted octanol–water partition coefficient (Wildman–Crippen LogP) is 4.42. The quantitative estimate of drug-likeness (QED) is 0.535. The highest BCUT2D eigenvalue weighted by Crippen LogP contribution is 2.34.